The molecule has 2 rings (SSSR count). The minimum absolute atomic E-state index is 0.171. The van der Waals surface area contributed by atoms with Crippen molar-refractivity contribution in [3.8, 4) is 0 Å². The molecule has 0 radical (unpaired) electrons. The summed E-state index contributed by atoms with van der Waals surface area (Å²) in [6.45, 7) is 0. The monoisotopic (exact) mass is 282 g/mol. The van der Waals surface area contributed by atoms with Crippen molar-refractivity contribution in [2.75, 3.05) is 0 Å². The maximum absolute atomic E-state index is 11.9. The van der Waals surface area contributed by atoms with Gasteiger partial charge in [-0.15, -0.1) is 0 Å². The molecule has 0 aromatic heterocycles. The van der Waals surface area contributed by atoms with E-state index in [1.54, 1.807) is 0 Å². The number of rotatable bonds is 5. The number of hydrogen-bond acceptors (Lipinski definition) is 3. The normalized spacial score (nSPS) is 11.7. The second-order valence-corrected chi connectivity index (χ2v) is 4.87. The van der Waals surface area contributed by atoms with Crippen molar-refractivity contribution in [3.05, 3.63) is 71.8 Å². The van der Waals surface area contributed by atoms with Gasteiger partial charge in [0.2, 0.25) is 11.8 Å². The molecule has 0 aliphatic carbocycles. The summed E-state index contributed by atoms with van der Waals surface area (Å²) >= 11 is 0. The first-order chi connectivity index (χ1) is 10.1. The fourth-order valence-electron chi connectivity index (χ4n) is 2.02. The highest BCUT2D eigenvalue weighted by molar-refractivity contribution is 5.98. The van der Waals surface area contributed by atoms with Gasteiger partial charge in [0.05, 0.1) is 12.5 Å². The van der Waals surface area contributed by atoms with Crippen molar-refractivity contribution in [1.29, 1.82) is 0 Å². The number of nitrogens with one attached hydrogen (secondary N) is 1. The van der Waals surface area contributed by atoms with Gasteiger partial charge in [0.25, 0.3) is 0 Å². The van der Waals surface area contributed by atoms with Gasteiger partial charge in [-0.05, 0) is 17.5 Å². The standard InChI is InChI=1S/C17H18N2O2/c18-15(11-13-7-3-1-4-8-13)17(21)19-16(20)12-14-9-5-2-6-10-14/h1-10,15H,11-12,18H2,(H,19,20,21). The Morgan fingerprint density at radius 3 is 2.00 bits per heavy atom. The average Bonchev–Trinajstić information content (AvgIpc) is 2.49. The van der Waals surface area contributed by atoms with Gasteiger partial charge in [0.1, 0.15) is 0 Å². The lowest BCUT2D eigenvalue weighted by molar-refractivity contribution is -0.130. The molecule has 0 saturated heterocycles. The van der Waals surface area contributed by atoms with Crippen molar-refractivity contribution in [2.45, 2.75) is 18.9 Å². The van der Waals surface area contributed by atoms with E-state index >= 15 is 0 Å². The highest BCUT2D eigenvalue weighted by Gasteiger charge is 2.16. The van der Waals surface area contributed by atoms with E-state index in [4.69, 9.17) is 5.73 Å². The first kappa shape index (κ1) is 14.9. The molecule has 21 heavy (non-hydrogen) atoms. The molecule has 2 amide bonds. The zero-order chi connectivity index (χ0) is 15.1. The number of nitrogens with two attached hydrogens (primary N) is 1. The van der Waals surface area contributed by atoms with Crippen LogP contribution in [-0.4, -0.2) is 17.9 Å². The van der Waals surface area contributed by atoms with Crippen LogP contribution in [-0.2, 0) is 22.4 Å². The largest absolute Gasteiger partial charge is 0.320 e. The van der Waals surface area contributed by atoms with Crippen LogP contribution >= 0.6 is 0 Å². The lowest BCUT2D eigenvalue weighted by atomic mass is 10.1. The molecule has 0 saturated carbocycles. The van der Waals surface area contributed by atoms with E-state index in [0.717, 1.165) is 11.1 Å². The number of carbonyl (C=O) groups is 2. The fraction of sp³-hybridized carbons (Fsp3) is 0.176. The lowest BCUT2D eigenvalue weighted by Crippen LogP contribution is -2.45. The maximum Gasteiger partial charge on any atom is 0.243 e. The highest BCUT2D eigenvalue weighted by atomic mass is 16.2. The van der Waals surface area contributed by atoms with Gasteiger partial charge in [-0.3, -0.25) is 14.9 Å². The van der Waals surface area contributed by atoms with Crippen LogP contribution in [0, 0.1) is 0 Å². The van der Waals surface area contributed by atoms with E-state index in [-0.39, 0.29) is 12.3 Å². The van der Waals surface area contributed by atoms with Crippen LogP contribution in [0.25, 0.3) is 0 Å². The quantitative estimate of drug-likeness (QED) is 0.871. The molecule has 4 nitrogen and oxygen atoms in total. The third-order valence-electron chi connectivity index (χ3n) is 3.11. The molecule has 0 aliphatic rings. The van der Waals surface area contributed by atoms with Gasteiger partial charge in [0, 0.05) is 0 Å². The van der Waals surface area contributed by atoms with E-state index < -0.39 is 11.9 Å². The number of imide groups is 1. The minimum Gasteiger partial charge on any atom is -0.320 e. The Labute approximate surface area is 124 Å². The molecule has 3 N–H and O–H groups in total. The number of benzene rings is 2. The summed E-state index contributed by atoms with van der Waals surface area (Å²) in [5, 5.41) is 2.35. The molecule has 0 spiro atoms. The average molecular weight is 282 g/mol. The molecule has 0 aliphatic heterocycles. The lowest BCUT2D eigenvalue weighted by Gasteiger charge is -2.11. The summed E-state index contributed by atoms with van der Waals surface area (Å²) in [7, 11) is 0. The molecular weight excluding hydrogens is 264 g/mol. The molecular formula is C17H18N2O2. The van der Waals surface area contributed by atoms with Gasteiger partial charge >= 0.3 is 0 Å². The van der Waals surface area contributed by atoms with Crippen LogP contribution in [0.5, 0.6) is 0 Å². The van der Waals surface area contributed by atoms with E-state index in [1.165, 1.54) is 0 Å². The Bertz CT molecular complexity index is 597. The molecule has 1 atom stereocenters. The number of carbonyl (C=O) groups excluding carboxylic acids is 2. The van der Waals surface area contributed by atoms with E-state index in [2.05, 4.69) is 5.32 Å². The SMILES string of the molecule is NC(Cc1ccccc1)C(=O)NC(=O)Cc1ccccc1. The van der Waals surface area contributed by atoms with Gasteiger partial charge in [-0.2, -0.15) is 0 Å². The smallest absolute Gasteiger partial charge is 0.243 e. The Morgan fingerprint density at radius 2 is 1.43 bits per heavy atom. The number of amides is 2. The first-order valence-corrected chi connectivity index (χ1v) is 6.82. The van der Waals surface area contributed by atoms with Gasteiger partial charge in [0.15, 0.2) is 0 Å². The summed E-state index contributed by atoms with van der Waals surface area (Å²) < 4.78 is 0. The first-order valence-electron chi connectivity index (χ1n) is 6.82. The van der Waals surface area contributed by atoms with E-state index in [9.17, 15) is 9.59 Å². The fourth-order valence-corrected chi connectivity index (χ4v) is 2.02. The predicted octanol–water partition coefficient (Wildman–Crippen LogP) is 1.44. The summed E-state index contributed by atoms with van der Waals surface area (Å²) in [5.74, 6) is -0.783. The summed E-state index contributed by atoms with van der Waals surface area (Å²) in [6.07, 6.45) is 0.579. The summed E-state index contributed by atoms with van der Waals surface area (Å²) in [4.78, 5) is 23.7. The molecule has 0 heterocycles. The van der Waals surface area contributed by atoms with Crippen LogP contribution < -0.4 is 11.1 Å². The molecule has 0 bridgehead atoms. The molecule has 0 fully saturated rings. The van der Waals surface area contributed by atoms with Crippen LogP contribution in [0.4, 0.5) is 0 Å². The van der Waals surface area contributed by atoms with Crippen molar-refractivity contribution in [3.63, 3.8) is 0 Å². The Morgan fingerprint density at radius 1 is 0.905 bits per heavy atom. The maximum atomic E-state index is 11.9. The predicted molar refractivity (Wildman–Crippen MR) is 81.4 cm³/mol. The van der Waals surface area contributed by atoms with E-state index in [0.29, 0.717) is 6.42 Å². The van der Waals surface area contributed by atoms with Crippen molar-refractivity contribution in [1.82, 2.24) is 5.32 Å². The second-order valence-electron chi connectivity index (χ2n) is 4.87. The minimum atomic E-state index is -0.730. The van der Waals surface area contributed by atoms with Crippen molar-refractivity contribution < 1.29 is 9.59 Å². The molecule has 108 valence electrons. The third-order valence-corrected chi connectivity index (χ3v) is 3.11. The van der Waals surface area contributed by atoms with Crippen molar-refractivity contribution >= 4 is 11.8 Å². The molecule has 1 unspecified atom stereocenters. The summed E-state index contributed by atoms with van der Waals surface area (Å²) in [6, 6.07) is 18.0. The van der Waals surface area contributed by atoms with Crippen LogP contribution in [0.2, 0.25) is 0 Å². The van der Waals surface area contributed by atoms with Crippen LogP contribution in [0.15, 0.2) is 60.7 Å². The Balaban J connectivity index is 1.84. The van der Waals surface area contributed by atoms with Crippen molar-refractivity contribution in [2.24, 2.45) is 5.73 Å². The Hall–Kier alpha value is -2.46. The molecule has 2 aromatic rings. The highest BCUT2D eigenvalue weighted by Crippen LogP contribution is 2.02. The van der Waals surface area contributed by atoms with Gasteiger partial charge < -0.3 is 5.73 Å². The second kappa shape index (κ2) is 7.36. The zero-order valence-corrected chi connectivity index (χ0v) is 11.7. The van der Waals surface area contributed by atoms with E-state index in [1.807, 2.05) is 60.7 Å². The van der Waals surface area contributed by atoms with Gasteiger partial charge in [-0.1, -0.05) is 60.7 Å². The van der Waals surface area contributed by atoms with Crippen LogP contribution in [0.1, 0.15) is 11.1 Å². The topological polar surface area (TPSA) is 72.2 Å². The molecule has 4 heteroatoms. The summed E-state index contributed by atoms with van der Waals surface area (Å²) in [5.41, 5.74) is 7.66. The van der Waals surface area contributed by atoms with Crippen LogP contribution in [0.3, 0.4) is 0 Å². The third kappa shape index (κ3) is 4.85. The Kier molecular flexibility index (Phi) is 5.23. The van der Waals surface area contributed by atoms with Gasteiger partial charge in [-0.25, -0.2) is 0 Å². The zero-order valence-electron chi connectivity index (χ0n) is 11.7. The molecule has 2 aromatic carbocycles. The number of hydrogen-bond donors (Lipinski definition) is 2.